The number of quaternary nitrogens is 2. The maximum Gasteiger partial charge on any atom is 0.129 e. The van der Waals surface area contributed by atoms with Gasteiger partial charge in [-0.1, -0.05) is 24.3 Å². The van der Waals surface area contributed by atoms with Gasteiger partial charge in [0.15, 0.2) is 0 Å². The fraction of sp³-hybridized carbons (Fsp3) is 0.625. The molecule has 18 heavy (non-hydrogen) atoms. The first-order valence-corrected chi connectivity index (χ1v) is 7.24. The summed E-state index contributed by atoms with van der Waals surface area (Å²) < 4.78 is 2.39. The van der Waals surface area contributed by atoms with Gasteiger partial charge in [-0.05, 0) is 13.8 Å². The zero-order chi connectivity index (χ0) is 13.2. The van der Waals surface area contributed by atoms with E-state index in [1.807, 2.05) is 0 Å². The normalized spacial score (nSPS) is 17.8. The van der Waals surface area contributed by atoms with Crippen LogP contribution in [0.25, 0.3) is 0 Å². The predicted octanol–water partition coefficient (Wildman–Crippen LogP) is 2.63. The van der Waals surface area contributed by atoms with E-state index in [0.29, 0.717) is 0 Å². The van der Waals surface area contributed by atoms with Gasteiger partial charge in [0.2, 0.25) is 0 Å². The van der Waals surface area contributed by atoms with E-state index in [1.54, 1.807) is 11.1 Å². The molecule has 0 bridgehead atoms. The summed E-state index contributed by atoms with van der Waals surface area (Å²) in [4.78, 5) is 0. The molecule has 1 aliphatic heterocycles. The van der Waals surface area contributed by atoms with Crippen molar-refractivity contribution in [3.63, 3.8) is 0 Å². The lowest BCUT2D eigenvalue weighted by Crippen LogP contribution is -2.52. The van der Waals surface area contributed by atoms with Crippen molar-refractivity contribution < 1.29 is 8.97 Å². The Bertz CT molecular complexity index is 382. The van der Waals surface area contributed by atoms with Crippen LogP contribution in [0.4, 0.5) is 0 Å². The van der Waals surface area contributed by atoms with Gasteiger partial charge in [0, 0.05) is 11.1 Å². The molecule has 0 radical (unpaired) electrons. The first-order valence-electron chi connectivity index (χ1n) is 7.24. The van der Waals surface area contributed by atoms with Gasteiger partial charge in [0.1, 0.15) is 26.2 Å². The van der Waals surface area contributed by atoms with Crippen LogP contribution in [-0.4, -0.2) is 49.2 Å². The summed E-state index contributed by atoms with van der Waals surface area (Å²) in [5.74, 6) is 0. The summed E-state index contributed by atoms with van der Waals surface area (Å²) in [6.45, 7) is 12.1. The average molecular weight is 248 g/mol. The molecular formula is C16H28N2+2. The second-order valence-corrected chi connectivity index (χ2v) is 6.40. The van der Waals surface area contributed by atoms with Crippen molar-refractivity contribution in [3.05, 3.63) is 35.4 Å². The van der Waals surface area contributed by atoms with E-state index in [0.717, 1.165) is 0 Å². The molecule has 1 aliphatic rings. The molecule has 0 fully saturated rings. The Labute approximate surface area is 112 Å². The van der Waals surface area contributed by atoms with Crippen LogP contribution in [0, 0.1) is 0 Å². The highest BCUT2D eigenvalue weighted by atomic mass is 15.4. The minimum absolute atomic E-state index is 1.19. The second-order valence-electron chi connectivity index (χ2n) is 6.40. The number of benzene rings is 1. The third-order valence-corrected chi connectivity index (χ3v) is 4.93. The predicted molar refractivity (Wildman–Crippen MR) is 77.0 cm³/mol. The highest BCUT2D eigenvalue weighted by Gasteiger charge is 2.33. The van der Waals surface area contributed by atoms with E-state index in [2.05, 4.69) is 52.2 Å². The van der Waals surface area contributed by atoms with E-state index in [4.69, 9.17) is 0 Å². The van der Waals surface area contributed by atoms with Gasteiger partial charge in [-0.3, -0.25) is 0 Å². The molecule has 0 amide bonds. The van der Waals surface area contributed by atoms with Crippen LogP contribution in [0.1, 0.15) is 25.0 Å². The quantitative estimate of drug-likeness (QED) is 0.703. The van der Waals surface area contributed by atoms with Crippen LogP contribution >= 0.6 is 0 Å². The Kier molecular flexibility index (Phi) is 3.79. The molecular weight excluding hydrogens is 220 g/mol. The molecule has 1 heterocycles. The van der Waals surface area contributed by atoms with Gasteiger partial charge in [0.05, 0.1) is 27.2 Å². The summed E-state index contributed by atoms with van der Waals surface area (Å²) >= 11 is 0. The van der Waals surface area contributed by atoms with Crippen molar-refractivity contribution in [3.8, 4) is 0 Å². The lowest BCUT2D eigenvalue weighted by atomic mass is 10.1. The summed E-state index contributed by atoms with van der Waals surface area (Å²) in [5.41, 5.74) is 3.12. The standard InChI is InChI=1S/C16H28N2/c1-5-17(3,6-2)11-12-18(4)13-15-9-7-8-10-16(15)14-18/h7-10H,5-6,11-14H2,1-4H3/q+2. The monoisotopic (exact) mass is 248 g/mol. The van der Waals surface area contributed by atoms with Crippen LogP contribution in [0.2, 0.25) is 0 Å². The van der Waals surface area contributed by atoms with E-state index < -0.39 is 0 Å². The SMILES string of the molecule is CC[N+](C)(CC)CC[N+]1(C)Cc2ccccc2C1. The smallest absolute Gasteiger partial charge is 0.129 e. The topological polar surface area (TPSA) is 0 Å². The average Bonchev–Trinajstić information content (AvgIpc) is 2.73. The number of fused-ring (bicyclic) bond motifs is 1. The Morgan fingerprint density at radius 1 is 1.06 bits per heavy atom. The number of hydrogen-bond acceptors (Lipinski definition) is 0. The number of hydrogen-bond donors (Lipinski definition) is 0. The van der Waals surface area contributed by atoms with Crippen molar-refractivity contribution in [1.82, 2.24) is 0 Å². The van der Waals surface area contributed by atoms with Crippen molar-refractivity contribution in [2.75, 3.05) is 40.3 Å². The third kappa shape index (κ3) is 2.76. The molecule has 1 aromatic carbocycles. The lowest BCUT2D eigenvalue weighted by Gasteiger charge is -2.37. The first kappa shape index (κ1) is 13.6. The van der Waals surface area contributed by atoms with Gasteiger partial charge in [0.25, 0.3) is 0 Å². The largest absolute Gasteiger partial charge is 0.322 e. The number of likely N-dealkylation sites (N-methyl/N-ethyl adjacent to an activating group) is 2. The Balaban J connectivity index is 2.00. The fourth-order valence-corrected chi connectivity index (χ4v) is 2.93. The maximum absolute atomic E-state index is 2.41. The van der Waals surface area contributed by atoms with E-state index >= 15 is 0 Å². The third-order valence-electron chi connectivity index (χ3n) is 4.93. The van der Waals surface area contributed by atoms with Gasteiger partial charge in [-0.2, -0.15) is 0 Å². The second kappa shape index (κ2) is 5.02. The Hall–Kier alpha value is -0.860. The molecule has 0 atom stereocenters. The van der Waals surface area contributed by atoms with Gasteiger partial charge in [-0.15, -0.1) is 0 Å². The van der Waals surface area contributed by atoms with Crippen LogP contribution in [0.3, 0.4) is 0 Å². The van der Waals surface area contributed by atoms with Crippen LogP contribution in [0.15, 0.2) is 24.3 Å². The molecule has 2 nitrogen and oxygen atoms in total. The molecule has 0 aromatic heterocycles. The van der Waals surface area contributed by atoms with Crippen LogP contribution in [0.5, 0.6) is 0 Å². The molecule has 0 N–H and O–H groups in total. The molecule has 100 valence electrons. The van der Waals surface area contributed by atoms with Crippen molar-refractivity contribution in [2.24, 2.45) is 0 Å². The Morgan fingerprint density at radius 2 is 1.56 bits per heavy atom. The van der Waals surface area contributed by atoms with Crippen molar-refractivity contribution >= 4 is 0 Å². The van der Waals surface area contributed by atoms with Gasteiger partial charge < -0.3 is 8.97 Å². The molecule has 0 aliphatic carbocycles. The molecule has 0 saturated carbocycles. The molecule has 0 saturated heterocycles. The molecule has 1 aromatic rings. The van der Waals surface area contributed by atoms with Gasteiger partial charge in [-0.25, -0.2) is 0 Å². The summed E-state index contributed by atoms with van der Waals surface area (Å²) in [6.07, 6.45) is 0. The maximum atomic E-state index is 2.41. The minimum Gasteiger partial charge on any atom is -0.322 e. The zero-order valence-corrected chi connectivity index (χ0v) is 12.4. The summed E-state index contributed by atoms with van der Waals surface area (Å²) in [7, 11) is 4.80. The highest BCUT2D eigenvalue weighted by molar-refractivity contribution is 5.27. The van der Waals surface area contributed by atoms with E-state index in [9.17, 15) is 0 Å². The lowest BCUT2D eigenvalue weighted by molar-refractivity contribution is -0.972. The first-order chi connectivity index (χ1) is 8.50. The summed E-state index contributed by atoms with van der Waals surface area (Å²) in [6, 6.07) is 8.94. The molecule has 0 spiro atoms. The van der Waals surface area contributed by atoms with E-state index in [-0.39, 0.29) is 0 Å². The van der Waals surface area contributed by atoms with Gasteiger partial charge >= 0.3 is 0 Å². The Morgan fingerprint density at radius 3 is 2.00 bits per heavy atom. The van der Waals surface area contributed by atoms with Crippen LogP contribution in [-0.2, 0) is 13.1 Å². The zero-order valence-electron chi connectivity index (χ0n) is 12.4. The molecule has 2 rings (SSSR count). The van der Waals surface area contributed by atoms with Crippen molar-refractivity contribution in [2.45, 2.75) is 26.9 Å². The molecule has 2 heteroatoms. The fourth-order valence-electron chi connectivity index (χ4n) is 2.93. The molecule has 0 unspecified atom stereocenters. The highest BCUT2D eigenvalue weighted by Crippen LogP contribution is 2.28. The van der Waals surface area contributed by atoms with E-state index in [1.165, 1.54) is 48.2 Å². The number of rotatable bonds is 5. The summed E-state index contributed by atoms with van der Waals surface area (Å²) in [5, 5.41) is 0. The number of nitrogens with zero attached hydrogens (tertiary/aromatic N) is 2. The minimum atomic E-state index is 1.19. The van der Waals surface area contributed by atoms with Crippen molar-refractivity contribution in [1.29, 1.82) is 0 Å². The van der Waals surface area contributed by atoms with Crippen LogP contribution < -0.4 is 0 Å².